The van der Waals surface area contributed by atoms with E-state index < -0.39 is 6.10 Å². The fourth-order valence-electron chi connectivity index (χ4n) is 2.32. The van der Waals surface area contributed by atoms with Crippen LogP contribution in [0.3, 0.4) is 0 Å². The highest BCUT2D eigenvalue weighted by molar-refractivity contribution is 9.10. The van der Waals surface area contributed by atoms with Crippen LogP contribution in [0.1, 0.15) is 31.1 Å². The minimum absolute atomic E-state index is 0.498. The number of nitrogens with zero attached hydrogens (tertiary/aromatic N) is 1. The van der Waals surface area contributed by atoms with E-state index in [9.17, 15) is 5.11 Å². The van der Waals surface area contributed by atoms with Gasteiger partial charge in [-0.05, 0) is 51.1 Å². The van der Waals surface area contributed by atoms with Crippen LogP contribution in [0.15, 0.2) is 46.9 Å². The Bertz CT molecular complexity index is 578. The molecule has 0 spiro atoms. The van der Waals surface area contributed by atoms with Crippen molar-refractivity contribution in [2.45, 2.75) is 26.9 Å². The van der Waals surface area contributed by atoms with Gasteiger partial charge in [0, 0.05) is 28.0 Å². The molecule has 0 aromatic heterocycles. The normalized spacial score (nSPS) is 12.2. The van der Waals surface area contributed by atoms with Crippen molar-refractivity contribution in [2.75, 3.05) is 11.4 Å². The van der Waals surface area contributed by atoms with Crippen molar-refractivity contribution in [2.24, 2.45) is 0 Å². The minimum atomic E-state index is -0.498. The lowest BCUT2D eigenvalue weighted by Crippen LogP contribution is -2.18. The summed E-state index contributed by atoms with van der Waals surface area (Å²) in [5.41, 5.74) is 4.37. The van der Waals surface area contributed by atoms with Gasteiger partial charge < -0.3 is 10.0 Å². The lowest BCUT2D eigenvalue weighted by Gasteiger charge is -2.27. The molecule has 1 atom stereocenters. The Labute approximate surface area is 129 Å². The average molecular weight is 334 g/mol. The monoisotopic (exact) mass is 333 g/mol. The fourth-order valence-corrected chi connectivity index (χ4v) is 2.70. The molecule has 1 N–H and O–H groups in total. The zero-order valence-corrected chi connectivity index (χ0v) is 13.7. The van der Waals surface area contributed by atoms with Crippen molar-refractivity contribution < 1.29 is 5.11 Å². The van der Waals surface area contributed by atoms with Gasteiger partial charge >= 0.3 is 0 Å². The maximum atomic E-state index is 10.0. The summed E-state index contributed by atoms with van der Waals surface area (Å²) in [4.78, 5) is 2.22. The first kappa shape index (κ1) is 15.1. The number of rotatable bonds is 4. The maximum Gasteiger partial charge on any atom is 0.0782 e. The smallest absolute Gasteiger partial charge is 0.0782 e. The van der Waals surface area contributed by atoms with E-state index in [-0.39, 0.29) is 0 Å². The molecule has 0 saturated heterocycles. The predicted octanol–water partition coefficient (Wildman–Crippen LogP) is 4.97. The van der Waals surface area contributed by atoms with E-state index in [1.807, 2.05) is 12.1 Å². The fraction of sp³-hybridized carbons (Fsp3) is 0.294. The van der Waals surface area contributed by atoms with E-state index in [0.29, 0.717) is 0 Å². The number of hydrogen-bond donors (Lipinski definition) is 1. The van der Waals surface area contributed by atoms with Crippen molar-refractivity contribution in [3.8, 4) is 0 Å². The quantitative estimate of drug-likeness (QED) is 0.853. The van der Waals surface area contributed by atoms with Crippen LogP contribution in [-0.2, 0) is 0 Å². The summed E-state index contributed by atoms with van der Waals surface area (Å²) in [7, 11) is 0. The predicted molar refractivity (Wildman–Crippen MR) is 88.6 cm³/mol. The summed E-state index contributed by atoms with van der Waals surface area (Å²) in [5.74, 6) is 0. The van der Waals surface area contributed by atoms with Crippen LogP contribution < -0.4 is 4.90 Å². The number of benzene rings is 2. The molecule has 0 amide bonds. The van der Waals surface area contributed by atoms with Crippen LogP contribution in [-0.4, -0.2) is 11.7 Å². The number of aliphatic hydroxyl groups excluding tert-OH is 1. The number of hydrogen-bond acceptors (Lipinski definition) is 2. The van der Waals surface area contributed by atoms with Crippen LogP contribution in [0.5, 0.6) is 0 Å². The van der Waals surface area contributed by atoms with Crippen molar-refractivity contribution in [1.82, 2.24) is 0 Å². The van der Waals surface area contributed by atoms with Crippen LogP contribution >= 0.6 is 15.9 Å². The van der Waals surface area contributed by atoms with Gasteiger partial charge in [-0.1, -0.05) is 33.6 Å². The highest BCUT2D eigenvalue weighted by Crippen LogP contribution is 2.33. The standard InChI is InChI=1S/C17H20BrNO/c1-4-19(15-8-5-12(2)6-9-15)17-10-7-14(18)11-16(17)13(3)20/h5-11,13,20H,4H2,1-3H3. The number of aryl methyl sites for hydroxylation is 1. The van der Waals surface area contributed by atoms with Gasteiger partial charge in [-0.25, -0.2) is 0 Å². The third-order valence-corrected chi connectivity index (χ3v) is 3.89. The maximum absolute atomic E-state index is 10.0. The van der Waals surface area contributed by atoms with Gasteiger partial charge in [-0.2, -0.15) is 0 Å². The number of anilines is 2. The summed E-state index contributed by atoms with van der Waals surface area (Å²) in [5, 5.41) is 10.0. The second kappa shape index (κ2) is 6.42. The first-order valence-corrected chi connectivity index (χ1v) is 7.64. The van der Waals surface area contributed by atoms with E-state index in [2.05, 4.69) is 65.0 Å². The second-order valence-electron chi connectivity index (χ2n) is 4.96. The van der Waals surface area contributed by atoms with Crippen LogP contribution in [0.25, 0.3) is 0 Å². The van der Waals surface area contributed by atoms with Crippen molar-refractivity contribution in [3.63, 3.8) is 0 Å². The largest absolute Gasteiger partial charge is 0.389 e. The summed E-state index contributed by atoms with van der Waals surface area (Å²) in [6.45, 7) is 6.85. The molecule has 1 unspecified atom stereocenters. The Morgan fingerprint density at radius 1 is 1.15 bits per heavy atom. The van der Waals surface area contributed by atoms with E-state index in [4.69, 9.17) is 0 Å². The van der Waals surface area contributed by atoms with E-state index in [1.165, 1.54) is 5.56 Å². The molecule has 20 heavy (non-hydrogen) atoms. The molecular weight excluding hydrogens is 314 g/mol. The second-order valence-corrected chi connectivity index (χ2v) is 5.87. The molecule has 2 aromatic rings. The van der Waals surface area contributed by atoms with Crippen molar-refractivity contribution in [3.05, 3.63) is 58.1 Å². The summed E-state index contributed by atoms with van der Waals surface area (Å²) in [6.07, 6.45) is -0.498. The first-order chi connectivity index (χ1) is 9.52. The summed E-state index contributed by atoms with van der Waals surface area (Å²) in [6, 6.07) is 14.5. The van der Waals surface area contributed by atoms with Gasteiger partial charge in [0.05, 0.1) is 6.10 Å². The first-order valence-electron chi connectivity index (χ1n) is 6.84. The van der Waals surface area contributed by atoms with Gasteiger partial charge in [0.2, 0.25) is 0 Å². The van der Waals surface area contributed by atoms with Crippen LogP contribution in [0.4, 0.5) is 11.4 Å². The molecule has 3 heteroatoms. The Hall–Kier alpha value is -1.32. The molecule has 0 aliphatic heterocycles. The number of halogens is 1. The van der Waals surface area contributed by atoms with Gasteiger partial charge in [0.1, 0.15) is 0 Å². The molecule has 2 nitrogen and oxygen atoms in total. The molecule has 0 bridgehead atoms. The molecule has 2 aromatic carbocycles. The zero-order valence-electron chi connectivity index (χ0n) is 12.1. The van der Waals surface area contributed by atoms with Gasteiger partial charge in [0.25, 0.3) is 0 Å². The Kier molecular flexibility index (Phi) is 4.84. The molecule has 0 fully saturated rings. The van der Waals surface area contributed by atoms with E-state index >= 15 is 0 Å². The highest BCUT2D eigenvalue weighted by Gasteiger charge is 2.15. The molecule has 0 saturated carbocycles. The third kappa shape index (κ3) is 3.22. The van der Waals surface area contributed by atoms with E-state index in [0.717, 1.165) is 28.0 Å². The average Bonchev–Trinajstić information content (AvgIpc) is 2.43. The molecule has 2 rings (SSSR count). The Balaban J connectivity index is 2.49. The Morgan fingerprint density at radius 3 is 2.35 bits per heavy atom. The van der Waals surface area contributed by atoms with Gasteiger partial charge in [-0.3, -0.25) is 0 Å². The lowest BCUT2D eigenvalue weighted by molar-refractivity contribution is 0.199. The molecule has 0 aliphatic rings. The summed E-state index contributed by atoms with van der Waals surface area (Å²) < 4.78 is 0.983. The topological polar surface area (TPSA) is 23.5 Å². The van der Waals surface area contributed by atoms with Gasteiger partial charge in [0.15, 0.2) is 0 Å². The SMILES string of the molecule is CCN(c1ccc(C)cc1)c1ccc(Br)cc1C(C)O. The van der Waals surface area contributed by atoms with Gasteiger partial charge in [-0.15, -0.1) is 0 Å². The molecule has 106 valence electrons. The molecule has 0 heterocycles. The lowest BCUT2D eigenvalue weighted by atomic mass is 10.1. The third-order valence-electron chi connectivity index (χ3n) is 3.39. The van der Waals surface area contributed by atoms with E-state index in [1.54, 1.807) is 6.92 Å². The van der Waals surface area contributed by atoms with Crippen LogP contribution in [0, 0.1) is 6.92 Å². The summed E-state index contributed by atoms with van der Waals surface area (Å²) >= 11 is 3.47. The molecular formula is C17H20BrNO. The van der Waals surface area contributed by atoms with Crippen molar-refractivity contribution in [1.29, 1.82) is 0 Å². The number of aliphatic hydroxyl groups is 1. The zero-order chi connectivity index (χ0) is 14.7. The highest BCUT2D eigenvalue weighted by atomic mass is 79.9. The Morgan fingerprint density at radius 2 is 1.80 bits per heavy atom. The van der Waals surface area contributed by atoms with Crippen LogP contribution in [0.2, 0.25) is 0 Å². The molecule has 0 radical (unpaired) electrons. The molecule has 0 aliphatic carbocycles. The van der Waals surface area contributed by atoms with Crippen molar-refractivity contribution >= 4 is 27.3 Å². The minimum Gasteiger partial charge on any atom is -0.389 e.